The summed E-state index contributed by atoms with van der Waals surface area (Å²) in [6.07, 6.45) is 3.53. The maximum atomic E-state index is 13.3. The van der Waals surface area contributed by atoms with Crippen LogP contribution >= 0.6 is 11.8 Å². The molecule has 0 saturated carbocycles. The highest BCUT2D eigenvalue weighted by Gasteiger charge is 2.32. The van der Waals surface area contributed by atoms with Gasteiger partial charge in [0.15, 0.2) is 5.69 Å². The summed E-state index contributed by atoms with van der Waals surface area (Å²) in [5.41, 5.74) is 9.39. The van der Waals surface area contributed by atoms with E-state index in [1.807, 2.05) is 6.07 Å². The van der Waals surface area contributed by atoms with Crippen molar-refractivity contribution in [3.63, 3.8) is 0 Å². The number of morpholine rings is 1. The average Bonchev–Trinajstić information content (AvgIpc) is 3.18. The van der Waals surface area contributed by atoms with Gasteiger partial charge in [-0.2, -0.15) is 5.10 Å². The molecule has 2 aliphatic rings. The van der Waals surface area contributed by atoms with Gasteiger partial charge in [-0.15, -0.1) is 11.8 Å². The Kier molecular flexibility index (Phi) is 5.61. The normalized spacial score (nSPS) is 16.2. The summed E-state index contributed by atoms with van der Waals surface area (Å²) >= 11 is 1.60. The number of aromatic nitrogens is 2. The molecular formula is C22H22N4O3S. The van der Waals surface area contributed by atoms with Crippen LogP contribution in [0.15, 0.2) is 54.5 Å². The molecule has 0 aliphatic carbocycles. The molecule has 0 radical (unpaired) electrons. The molecule has 0 atom stereocenters. The molecule has 7 nitrogen and oxygen atoms in total. The van der Waals surface area contributed by atoms with E-state index in [-0.39, 0.29) is 5.91 Å². The second-order valence-electron chi connectivity index (χ2n) is 6.88. The molecule has 3 heterocycles. The number of rotatable bonds is 5. The first-order valence-corrected chi connectivity index (χ1v) is 10.5. The SMILES string of the molecule is C=CC1=C(C=C)c2c(c(C(=O)N3CCOCC3)nn2-c2cccc(C(N)=O)c2)CS1. The highest BCUT2D eigenvalue weighted by molar-refractivity contribution is 8.02. The van der Waals surface area contributed by atoms with Crippen molar-refractivity contribution in [1.29, 1.82) is 0 Å². The molecule has 1 saturated heterocycles. The lowest BCUT2D eigenvalue weighted by atomic mass is 10.0. The van der Waals surface area contributed by atoms with E-state index in [4.69, 9.17) is 15.6 Å². The maximum Gasteiger partial charge on any atom is 0.274 e. The number of hydrogen-bond acceptors (Lipinski definition) is 5. The zero-order valence-electron chi connectivity index (χ0n) is 16.5. The fraction of sp³-hybridized carbons (Fsp3) is 0.227. The van der Waals surface area contributed by atoms with Crippen LogP contribution in [0.4, 0.5) is 0 Å². The number of hydrogen-bond donors (Lipinski definition) is 1. The highest BCUT2D eigenvalue weighted by Crippen LogP contribution is 2.41. The van der Waals surface area contributed by atoms with E-state index in [1.54, 1.807) is 51.7 Å². The van der Waals surface area contributed by atoms with Crippen molar-refractivity contribution in [2.24, 2.45) is 5.73 Å². The minimum atomic E-state index is -0.524. The lowest BCUT2D eigenvalue weighted by Crippen LogP contribution is -2.41. The van der Waals surface area contributed by atoms with Crippen molar-refractivity contribution in [3.05, 3.63) is 77.0 Å². The smallest absolute Gasteiger partial charge is 0.274 e. The minimum absolute atomic E-state index is 0.120. The number of benzene rings is 1. The number of fused-ring (bicyclic) bond motifs is 1. The fourth-order valence-corrected chi connectivity index (χ4v) is 4.67. The van der Waals surface area contributed by atoms with Crippen LogP contribution in [0.25, 0.3) is 11.3 Å². The van der Waals surface area contributed by atoms with E-state index in [0.29, 0.717) is 49.0 Å². The third-order valence-electron chi connectivity index (χ3n) is 5.14. The summed E-state index contributed by atoms with van der Waals surface area (Å²) in [5, 5.41) is 4.71. The van der Waals surface area contributed by atoms with Gasteiger partial charge in [0.2, 0.25) is 5.91 Å². The number of amides is 2. The molecular weight excluding hydrogens is 400 g/mol. The number of carbonyl (C=O) groups excluding carboxylic acids is 2. The highest BCUT2D eigenvalue weighted by atomic mass is 32.2. The Bertz CT molecular complexity index is 1080. The van der Waals surface area contributed by atoms with E-state index >= 15 is 0 Å². The number of nitrogens with zero attached hydrogens (tertiary/aromatic N) is 3. The maximum absolute atomic E-state index is 13.3. The van der Waals surface area contributed by atoms with Crippen LogP contribution < -0.4 is 5.73 Å². The van der Waals surface area contributed by atoms with Gasteiger partial charge in [-0.3, -0.25) is 9.59 Å². The average molecular weight is 423 g/mol. The summed E-state index contributed by atoms with van der Waals surface area (Å²) in [7, 11) is 0. The Hall–Kier alpha value is -3.10. The molecule has 0 unspecified atom stereocenters. The Labute approximate surface area is 178 Å². The third-order valence-corrected chi connectivity index (χ3v) is 6.27. The zero-order valence-corrected chi connectivity index (χ0v) is 17.3. The summed E-state index contributed by atoms with van der Waals surface area (Å²) in [6.45, 7) is 9.97. The van der Waals surface area contributed by atoms with Crippen LogP contribution in [0.5, 0.6) is 0 Å². The molecule has 8 heteroatoms. The lowest BCUT2D eigenvalue weighted by Gasteiger charge is -2.26. The molecule has 30 heavy (non-hydrogen) atoms. The van der Waals surface area contributed by atoms with Gasteiger partial charge in [0.25, 0.3) is 5.91 Å². The van der Waals surface area contributed by atoms with E-state index in [1.165, 1.54) is 0 Å². The van der Waals surface area contributed by atoms with E-state index < -0.39 is 5.91 Å². The monoisotopic (exact) mass is 422 g/mol. The van der Waals surface area contributed by atoms with Crippen molar-refractivity contribution in [3.8, 4) is 5.69 Å². The fourth-order valence-electron chi connectivity index (χ4n) is 3.64. The number of primary amides is 1. The molecule has 2 N–H and O–H groups in total. The van der Waals surface area contributed by atoms with Crippen molar-refractivity contribution >= 4 is 29.1 Å². The molecule has 154 valence electrons. The third kappa shape index (κ3) is 3.48. The van der Waals surface area contributed by atoms with Crippen LogP contribution in [0.1, 0.15) is 32.1 Å². The largest absolute Gasteiger partial charge is 0.378 e. The van der Waals surface area contributed by atoms with Gasteiger partial charge in [0.1, 0.15) is 0 Å². The summed E-state index contributed by atoms with van der Waals surface area (Å²) in [5.74, 6) is -0.0516. The van der Waals surface area contributed by atoms with Gasteiger partial charge < -0.3 is 15.4 Å². The van der Waals surface area contributed by atoms with Gasteiger partial charge >= 0.3 is 0 Å². The molecule has 0 spiro atoms. The molecule has 1 aromatic carbocycles. The molecule has 2 aromatic rings. The number of thioether (sulfide) groups is 1. The van der Waals surface area contributed by atoms with E-state index in [9.17, 15) is 9.59 Å². The number of nitrogens with two attached hydrogens (primary N) is 1. The number of allylic oxidation sites excluding steroid dienone is 3. The van der Waals surface area contributed by atoms with Gasteiger partial charge in [-0.25, -0.2) is 4.68 Å². The molecule has 0 bridgehead atoms. The van der Waals surface area contributed by atoms with E-state index in [0.717, 1.165) is 21.7 Å². The molecule has 2 amide bonds. The Morgan fingerprint density at radius 1 is 1.20 bits per heavy atom. The lowest BCUT2D eigenvalue weighted by molar-refractivity contribution is 0.0298. The van der Waals surface area contributed by atoms with Crippen LogP contribution in [0.3, 0.4) is 0 Å². The molecule has 1 fully saturated rings. The summed E-state index contributed by atoms with van der Waals surface area (Å²) in [6, 6.07) is 6.90. The predicted molar refractivity (Wildman–Crippen MR) is 117 cm³/mol. The quantitative estimate of drug-likeness (QED) is 0.800. The summed E-state index contributed by atoms with van der Waals surface area (Å²) in [4.78, 5) is 27.7. The standard InChI is InChI=1S/C22H22N4O3S/c1-3-16-18(4-2)30-13-17-19(22(28)25-8-10-29-11-9-25)24-26(20(16)17)15-7-5-6-14(12-15)21(23)27/h3-7,12H,1-2,8-11,13H2,(H2,23,27). The van der Waals surface area contributed by atoms with Crippen LogP contribution in [0, 0.1) is 0 Å². The van der Waals surface area contributed by atoms with Crippen LogP contribution in [0.2, 0.25) is 0 Å². The number of ether oxygens (including phenoxy) is 1. The second-order valence-corrected chi connectivity index (χ2v) is 7.90. The zero-order chi connectivity index (χ0) is 21.3. The molecule has 1 aromatic heterocycles. The Morgan fingerprint density at radius 2 is 1.97 bits per heavy atom. The van der Waals surface area contributed by atoms with Crippen LogP contribution in [-0.4, -0.2) is 52.8 Å². The topological polar surface area (TPSA) is 90.5 Å². The first-order chi connectivity index (χ1) is 14.5. The minimum Gasteiger partial charge on any atom is -0.378 e. The van der Waals surface area contributed by atoms with Crippen molar-refractivity contribution in [2.45, 2.75) is 5.75 Å². The van der Waals surface area contributed by atoms with Crippen molar-refractivity contribution in [2.75, 3.05) is 26.3 Å². The molecule has 4 rings (SSSR count). The molecule has 2 aliphatic heterocycles. The van der Waals surface area contributed by atoms with Crippen LogP contribution in [-0.2, 0) is 10.5 Å². The second kappa shape index (κ2) is 8.33. The van der Waals surface area contributed by atoms with Crippen molar-refractivity contribution in [1.82, 2.24) is 14.7 Å². The predicted octanol–water partition coefficient (Wildman–Crippen LogP) is 2.77. The first-order valence-electron chi connectivity index (χ1n) is 9.56. The Balaban J connectivity index is 1.91. The van der Waals surface area contributed by atoms with Crippen molar-refractivity contribution < 1.29 is 14.3 Å². The van der Waals surface area contributed by atoms with Gasteiger partial charge in [-0.1, -0.05) is 31.4 Å². The van der Waals surface area contributed by atoms with Gasteiger partial charge in [0, 0.05) is 40.4 Å². The van der Waals surface area contributed by atoms with Gasteiger partial charge in [0.05, 0.1) is 24.6 Å². The first kappa shape index (κ1) is 20.2. The summed E-state index contributed by atoms with van der Waals surface area (Å²) < 4.78 is 7.08. The Morgan fingerprint density at radius 3 is 2.63 bits per heavy atom. The number of carbonyl (C=O) groups is 2. The van der Waals surface area contributed by atoms with Gasteiger partial charge in [-0.05, 0) is 18.2 Å². The van der Waals surface area contributed by atoms with E-state index in [2.05, 4.69) is 13.2 Å².